The summed E-state index contributed by atoms with van der Waals surface area (Å²) < 4.78 is 104. The van der Waals surface area contributed by atoms with E-state index in [4.69, 9.17) is 65.1 Å². The van der Waals surface area contributed by atoms with E-state index in [2.05, 4.69) is 53.8 Å². The first kappa shape index (κ1) is 57.0. The van der Waals surface area contributed by atoms with Crippen molar-refractivity contribution in [1.29, 1.82) is 0 Å². The first-order valence-electron chi connectivity index (χ1n) is 22.0. The van der Waals surface area contributed by atoms with Gasteiger partial charge in [-0.05, 0) is 11.8 Å². The molecule has 0 amide bonds. The quantitative estimate of drug-likeness (QED) is 0.0246. The zero-order valence-electron chi connectivity index (χ0n) is 39.8. The normalized spacial score (nSPS) is 30.0. The number of aryl methyl sites for hydroxylation is 1. The van der Waals surface area contributed by atoms with Crippen LogP contribution in [0.15, 0.2) is 34.9 Å². The average Bonchev–Trinajstić information content (AvgIpc) is 4.21. The molecule has 0 spiro atoms. The van der Waals surface area contributed by atoms with Gasteiger partial charge in [-0.2, -0.15) is 9.29 Å². The smallest absolute Gasteiger partial charge is 0.387 e. The number of nitrogens with two attached hydrogens (primary N) is 2. The van der Waals surface area contributed by atoms with Gasteiger partial charge in [-0.25, -0.2) is 42.5 Å². The Bertz CT molecular complexity index is 3510. The molecule has 6 aromatic heterocycles. The number of ether oxygens (including phenoxy) is 5. The largest absolute Gasteiger partial charge is 0.488 e. The second-order valence-electron chi connectivity index (χ2n) is 16.9. The predicted octanol–water partition coefficient (Wildman–Crippen LogP) is -3.48. The maximum absolute atomic E-state index is 13.8. The van der Waals surface area contributed by atoms with E-state index >= 15 is 0 Å². The zero-order chi connectivity index (χ0) is 55.7. The van der Waals surface area contributed by atoms with Crippen LogP contribution in [0.3, 0.4) is 0 Å². The second-order valence-corrected chi connectivity index (χ2v) is 24.3. The molecule has 0 radical (unpaired) electrons. The van der Waals surface area contributed by atoms with E-state index in [1.54, 1.807) is 7.05 Å². The number of imidazole rings is 3. The molecule has 0 bridgehead atoms. The molecule has 6 aromatic rings. The van der Waals surface area contributed by atoms with Crippen molar-refractivity contribution in [2.24, 2.45) is 7.05 Å². The number of fused-ring (bicyclic) bond motifs is 3. The van der Waals surface area contributed by atoms with Crippen LogP contribution < -0.4 is 32.5 Å². The Labute approximate surface area is 433 Å². The summed E-state index contributed by atoms with van der Waals surface area (Å²) in [5, 5.41) is 35.8. The number of H-pyrrole nitrogens is 2. The molecule has 14 N–H and O–H groups in total. The number of nitrogens with one attached hydrogen (secondary N) is 3. The molecule has 0 aromatic carbocycles. The van der Waals surface area contributed by atoms with Crippen molar-refractivity contribution in [2.75, 3.05) is 57.9 Å². The van der Waals surface area contributed by atoms with Gasteiger partial charge in [-0.1, -0.05) is 4.98 Å². The van der Waals surface area contributed by atoms with Crippen molar-refractivity contribution in [1.82, 2.24) is 53.6 Å². The third kappa shape index (κ3) is 11.5. The monoisotopic (exact) mass is 1190 g/mol. The first-order valence-corrected chi connectivity index (χ1v) is 29.1. The number of hydrogen-bond donors (Lipinski definition) is 12. The molecule has 9 rings (SSSR count). The maximum Gasteiger partial charge on any atom is 0.488 e. The van der Waals surface area contributed by atoms with Gasteiger partial charge in [0.25, 0.3) is 17.1 Å². The molecule has 3 aliphatic rings. The summed E-state index contributed by atoms with van der Waals surface area (Å²) >= 11 is 4.88. The molecule has 16 atom stereocenters. The van der Waals surface area contributed by atoms with Crippen LogP contribution in [0.25, 0.3) is 33.5 Å². The van der Waals surface area contributed by atoms with Gasteiger partial charge in [-0.15, -0.1) is 0 Å². The second kappa shape index (κ2) is 21.7. The number of phosphoric ester groups is 2. The van der Waals surface area contributed by atoms with Gasteiger partial charge in [-0.3, -0.25) is 46.8 Å². The fourth-order valence-corrected chi connectivity index (χ4v) is 14.2. The van der Waals surface area contributed by atoms with E-state index in [0.717, 1.165) is 18.0 Å². The highest BCUT2D eigenvalue weighted by Crippen LogP contribution is 2.68. The average molecular weight is 1190 g/mol. The topological polar surface area (TPSA) is 520 Å². The zero-order valence-corrected chi connectivity index (χ0v) is 44.2. The van der Waals surface area contributed by atoms with Gasteiger partial charge in [0, 0.05) is 21.3 Å². The molecule has 3 saturated heterocycles. The Kier molecular flexibility index (Phi) is 16.1. The van der Waals surface area contributed by atoms with Crippen molar-refractivity contribution in [3.63, 3.8) is 0 Å². The lowest BCUT2D eigenvalue weighted by Gasteiger charge is -2.26. The number of anilines is 3. The Morgan fingerprint density at radius 2 is 1.34 bits per heavy atom. The van der Waals surface area contributed by atoms with E-state index in [0.29, 0.717) is 0 Å². The number of phosphoric acid groups is 3. The predicted molar refractivity (Wildman–Crippen MR) is 256 cm³/mol. The third-order valence-electron chi connectivity index (χ3n) is 12.0. The lowest BCUT2D eigenvalue weighted by Crippen LogP contribution is -2.46. The summed E-state index contributed by atoms with van der Waals surface area (Å²) in [4.78, 5) is 97.5. The number of aromatic nitrogens is 12. The van der Waals surface area contributed by atoms with E-state index in [-0.39, 0.29) is 51.2 Å². The van der Waals surface area contributed by atoms with Gasteiger partial charge < -0.3 is 79.9 Å². The van der Waals surface area contributed by atoms with Crippen LogP contribution >= 0.6 is 30.2 Å². The van der Waals surface area contributed by atoms with Crippen LogP contribution in [0.4, 0.5) is 17.7 Å². The SMILES string of the molecule is CNc1ncnc2c1ncn2[C@@H]1O[C@H](COP(=O)(O)OP(=O)(O)OP(O)(=S)OC[C@H]2O[C@@H]([n+]3cn(C)c4c(=O)[nH]c(N)nc43)C(O)[C@H]2OC)C(OP(=O)(O)OC[C@H]2O[C@@H](n3cnc4c(=O)[nH]c(N)nc43)[C@@H](O)C2O)[C@@H]1OC. The molecule has 38 nitrogen and oxygen atoms in total. The molecule has 9 heterocycles. The van der Waals surface area contributed by atoms with Crippen LogP contribution in [0.2, 0.25) is 0 Å². The lowest BCUT2D eigenvalue weighted by molar-refractivity contribution is -0.745. The molecule has 0 aliphatic carbocycles. The van der Waals surface area contributed by atoms with Gasteiger partial charge in [0.05, 0.1) is 39.5 Å². The van der Waals surface area contributed by atoms with Gasteiger partial charge >= 0.3 is 35.8 Å². The highest BCUT2D eigenvalue weighted by molar-refractivity contribution is 8.08. The number of hydrogen-bond acceptors (Lipinski definition) is 29. The van der Waals surface area contributed by atoms with E-state index in [9.17, 15) is 58.2 Å². The Morgan fingerprint density at radius 3 is 2.04 bits per heavy atom. The minimum atomic E-state index is -5.97. The first-order chi connectivity index (χ1) is 36.2. The minimum Gasteiger partial charge on any atom is -0.387 e. The summed E-state index contributed by atoms with van der Waals surface area (Å²) in [5.74, 6) is -0.278. The molecule has 0 saturated carbocycles. The van der Waals surface area contributed by atoms with Crippen LogP contribution in [0.1, 0.15) is 18.7 Å². The number of aliphatic hydroxyl groups is 3. The maximum atomic E-state index is 13.8. The Hall–Kier alpha value is -4.73. The number of aliphatic hydroxyl groups excluding tert-OH is 3. The van der Waals surface area contributed by atoms with E-state index in [1.165, 1.54) is 46.8 Å². The number of nitrogens with zero attached hydrogens (tertiary/aromatic N) is 10. The molecular weight excluding hydrogens is 1140 g/mol. The minimum absolute atomic E-state index is 0.00398. The number of rotatable bonds is 21. The van der Waals surface area contributed by atoms with Crippen LogP contribution in [0.5, 0.6) is 0 Å². The Balaban J connectivity index is 0.872. The van der Waals surface area contributed by atoms with E-state index < -0.39 is 135 Å². The summed E-state index contributed by atoms with van der Waals surface area (Å²) in [5.41, 5.74) is 10.2. The fraction of sp³-hybridized carbons (Fsp3) is 0.559. The fourth-order valence-electron chi connectivity index (χ4n) is 8.73. The van der Waals surface area contributed by atoms with Crippen molar-refractivity contribution < 1.29 is 104 Å². The molecule has 7 unspecified atom stereocenters. The van der Waals surface area contributed by atoms with Gasteiger partial charge in [0.1, 0.15) is 66.8 Å². The van der Waals surface area contributed by atoms with E-state index in [1.807, 2.05) is 0 Å². The molecule has 3 aliphatic heterocycles. The molecule has 422 valence electrons. The standard InChI is InChI=1S/C34H47N15O23P4S/c1-37-24-15-25(39-8-38-24)47(9-40-15)32-23(63-4)22(70-73(55,56)64-5-12-18(50)19(51)30(67-12)48-10-41-16-26(48)42-33(35)44-28(16)53)14(69-32)6-65-74(57,58)71-75(59,60)72-76(61,77)66-7-13-21(62-3)20(52)31(68-13)49-11-46(2)17-27(49)43-34(36)45-29(17)54/h8-14,18-23,30-32,50-52H,5-7H2,1-4H3,(H10-,35,36,37,38,39,42,43,44,45,53,54,55,56,57,58,59,60,61,77)/p+1/t12-,13-,14-,18?,19+,20?,21+,22?,23+,30-,31-,32-,76?/m1/s1. The molecule has 77 heavy (non-hydrogen) atoms. The number of nitrogen functional groups attached to an aromatic ring is 2. The number of methoxy groups -OCH3 is 2. The summed E-state index contributed by atoms with van der Waals surface area (Å²) in [6, 6.07) is 0. The van der Waals surface area contributed by atoms with Crippen molar-refractivity contribution in [2.45, 2.75) is 73.6 Å². The third-order valence-corrected chi connectivity index (χ3v) is 18.2. The van der Waals surface area contributed by atoms with Crippen molar-refractivity contribution >= 4 is 93.2 Å². The van der Waals surface area contributed by atoms with Crippen LogP contribution in [-0.2, 0) is 83.0 Å². The highest BCUT2D eigenvalue weighted by atomic mass is 32.5. The summed E-state index contributed by atoms with van der Waals surface area (Å²) in [6.45, 7) is -7.91. The van der Waals surface area contributed by atoms with Crippen LogP contribution in [-0.4, -0.2) is 184 Å². The van der Waals surface area contributed by atoms with Gasteiger partial charge in [0.15, 0.2) is 41.4 Å². The molecular formula is C34H48N15O23P4S+. The van der Waals surface area contributed by atoms with Crippen molar-refractivity contribution in [3.8, 4) is 0 Å². The lowest BCUT2D eigenvalue weighted by atomic mass is 10.1. The Morgan fingerprint density at radius 1 is 0.727 bits per heavy atom. The molecule has 43 heteroatoms. The number of aromatic amines is 2. The highest BCUT2D eigenvalue weighted by Gasteiger charge is 2.54. The summed E-state index contributed by atoms with van der Waals surface area (Å²) in [6.07, 6.45) is -13.6. The van der Waals surface area contributed by atoms with Gasteiger partial charge in [0.2, 0.25) is 17.7 Å². The molecule has 3 fully saturated rings. The van der Waals surface area contributed by atoms with Crippen molar-refractivity contribution in [3.05, 3.63) is 46.0 Å². The summed E-state index contributed by atoms with van der Waals surface area (Å²) in [7, 11) is -11.8. The van der Waals surface area contributed by atoms with Crippen LogP contribution in [0, 0.1) is 0 Å².